The summed E-state index contributed by atoms with van der Waals surface area (Å²) in [4.78, 5) is 14.0. The van der Waals surface area contributed by atoms with E-state index in [-0.39, 0.29) is 5.91 Å². The summed E-state index contributed by atoms with van der Waals surface area (Å²) in [6, 6.07) is 2.75. The molecule has 0 radical (unpaired) electrons. The van der Waals surface area contributed by atoms with Crippen LogP contribution < -0.4 is 5.73 Å². The van der Waals surface area contributed by atoms with Gasteiger partial charge in [-0.2, -0.15) is 11.3 Å². The molecule has 3 nitrogen and oxygen atoms in total. The van der Waals surface area contributed by atoms with Crippen LogP contribution in [0.15, 0.2) is 16.8 Å². The Morgan fingerprint density at radius 1 is 1.47 bits per heavy atom. The van der Waals surface area contributed by atoms with Crippen LogP contribution in [0.25, 0.3) is 0 Å². The van der Waals surface area contributed by atoms with Gasteiger partial charge in [0.25, 0.3) is 0 Å². The first kappa shape index (κ1) is 12.6. The molecule has 1 aromatic rings. The third-order valence-electron chi connectivity index (χ3n) is 3.62. The summed E-state index contributed by atoms with van der Waals surface area (Å²) >= 11 is 1.64. The lowest BCUT2D eigenvalue weighted by Crippen LogP contribution is -2.42. The molecule has 2 N–H and O–H groups in total. The van der Waals surface area contributed by atoms with E-state index in [0.29, 0.717) is 18.5 Å². The van der Waals surface area contributed by atoms with E-state index in [1.54, 1.807) is 11.3 Å². The predicted molar refractivity (Wildman–Crippen MR) is 71.0 cm³/mol. The molecule has 1 amide bonds. The highest BCUT2D eigenvalue weighted by atomic mass is 32.1. The SMILES string of the molecule is CN(C(=O)Cc1ccsc1)C1CCC(N)CC1. The minimum Gasteiger partial charge on any atom is -0.342 e. The highest BCUT2D eigenvalue weighted by molar-refractivity contribution is 7.07. The van der Waals surface area contributed by atoms with Gasteiger partial charge in [0.2, 0.25) is 5.91 Å². The van der Waals surface area contributed by atoms with Gasteiger partial charge in [-0.15, -0.1) is 0 Å². The lowest BCUT2D eigenvalue weighted by atomic mass is 9.91. The van der Waals surface area contributed by atoms with E-state index in [2.05, 4.69) is 0 Å². The van der Waals surface area contributed by atoms with Gasteiger partial charge in [-0.05, 0) is 48.1 Å². The normalized spacial score (nSPS) is 24.6. The van der Waals surface area contributed by atoms with Crippen LogP contribution in [0.3, 0.4) is 0 Å². The molecule has 17 heavy (non-hydrogen) atoms. The number of thiophene rings is 1. The summed E-state index contributed by atoms with van der Waals surface area (Å²) in [7, 11) is 1.93. The third-order valence-corrected chi connectivity index (χ3v) is 4.35. The maximum atomic E-state index is 12.1. The van der Waals surface area contributed by atoms with Crippen molar-refractivity contribution in [3.63, 3.8) is 0 Å². The molecule has 1 aromatic heterocycles. The van der Waals surface area contributed by atoms with Crippen LogP contribution in [0, 0.1) is 0 Å². The van der Waals surface area contributed by atoms with Crippen molar-refractivity contribution >= 4 is 17.2 Å². The Bertz CT molecular complexity index is 356. The van der Waals surface area contributed by atoms with Gasteiger partial charge in [0.15, 0.2) is 0 Å². The molecule has 0 aromatic carbocycles. The zero-order valence-corrected chi connectivity index (χ0v) is 11.1. The van der Waals surface area contributed by atoms with Crippen molar-refractivity contribution < 1.29 is 4.79 Å². The van der Waals surface area contributed by atoms with Gasteiger partial charge in [0.05, 0.1) is 6.42 Å². The van der Waals surface area contributed by atoms with Crippen LogP contribution >= 0.6 is 11.3 Å². The minimum absolute atomic E-state index is 0.226. The first-order valence-corrected chi connectivity index (χ1v) is 7.13. The molecule has 0 bridgehead atoms. The van der Waals surface area contributed by atoms with Gasteiger partial charge in [-0.3, -0.25) is 4.79 Å². The van der Waals surface area contributed by atoms with Crippen LogP contribution in [-0.2, 0) is 11.2 Å². The average molecular weight is 252 g/mol. The van der Waals surface area contributed by atoms with Crippen molar-refractivity contribution in [3.8, 4) is 0 Å². The lowest BCUT2D eigenvalue weighted by molar-refractivity contribution is -0.131. The second kappa shape index (κ2) is 5.65. The molecule has 1 aliphatic carbocycles. The number of carbonyl (C=O) groups excluding carboxylic acids is 1. The number of rotatable bonds is 3. The van der Waals surface area contributed by atoms with Crippen molar-refractivity contribution in [1.82, 2.24) is 4.90 Å². The van der Waals surface area contributed by atoms with Gasteiger partial charge < -0.3 is 10.6 Å². The van der Waals surface area contributed by atoms with Crippen LogP contribution in [0.2, 0.25) is 0 Å². The number of amides is 1. The van der Waals surface area contributed by atoms with Gasteiger partial charge >= 0.3 is 0 Å². The van der Waals surface area contributed by atoms with Crippen molar-refractivity contribution in [3.05, 3.63) is 22.4 Å². The number of likely N-dealkylation sites (N-methyl/N-ethyl adjacent to an activating group) is 1. The van der Waals surface area contributed by atoms with Crippen LogP contribution in [-0.4, -0.2) is 29.9 Å². The molecular weight excluding hydrogens is 232 g/mol. The van der Waals surface area contributed by atoms with Crippen molar-refractivity contribution in [2.75, 3.05) is 7.05 Å². The van der Waals surface area contributed by atoms with Gasteiger partial charge in [-0.25, -0.2) is 0 Å². The number of carbonyl (C=O) groups is 1. The van der Waals surface area contributed by atoms with Gasteiger partial charge in [0, 0.05) is 19.1 Å². The Hall–Kier alpha value is -0.870. The lowest BCUT2D eigenvalue weighted by Gasteiger charge is -2.33. The van der Waals surface area contributed by atoms with Crippen LogP contribution in [0.5, 0.6) is 0 Å². The summed E-state index contributed by atoms with van der Waals surface area (Å²) in [6.07, 6.45) is 4.71. The van der Waals surface area contributed by atoms with Gasteiger partial charge in [-0.1, -0.05) is 0 Å². The Balaban J connectivity index is 1.86. The number of hydrogen-bond acceptors (Lipinski definition) is 3. The molecule has 1 saturated carbocycles. The van der Waals surface area contributed by atoms with E-state index in [4.69, 9.17) is 5.73 Å². The Labute approximate surface area is 107 Å². The minimum atomic E-state index is 0.226. The van der Waals surface area contributed by atoms with Crippen molar-refractivity contribution in [1.29, 1.82) is 0 Å². The zero-order chi connectivity index (χ0) is 12.3. The molecule has 0 saturated heterocycles. The summed E-state index contributed by atoms with van der Waals surface area (Å²) in [5.74, 6) is 0.226. The molecule has 4 heteroatoms. The van der Waals surface area contributed by atoms with Crippen LogP contribution in [0.4, 0.5) is 0 Å². The molecule has 1 fully saturated rings. The Morgan fingerprint density at radius 2 is 2.18 bits per heavy atom. The molecule has 2 rings (SSSR count). The maximum absolute atomic E-state index is 12.1. The molecule has 1 heterocycles. The summed E-state index contributed by atoms with van der Waals surface area (Å²) < 4.78 is 0. The van der Waals surface area contributed by atoms with Crippen LogP contribution in [0.1, 0.15) is 31.2 Å². The summed E-state index contributed by atoms with van der Waals surface area (Å²) in [5, 5.41) is 4.06. The fraction of sp³-hybridized carbons (Fsp3) is 0.615. The maximum Gasteiger partial charge on any atom is 0.227 e. The second-order valence-electron chi connectivity index (χ2n) is 4.88. The highest BCUT2D eigenvalue weighted by Crippen LogP contribution is 2.22. The average Bonchev–Trinajstić information content (AvgIpc) is 2.82. The molecule has 0 aliphatic heterocycles. The largest absolute Gasteiger partial charge is 0.342 e. The monoisotopic (exact) mass is 252 g/mol. The molecule has 1 aliphatic rings. The fourth-order valence-corrected chi connectivity index (χ4v) is 3.05. The quantitative estimate of drug-likeness (QED) is 0.894. The number of hydrogen-bond donors (Lipinski definition) is 1. The Morgan fingerprint density at radius 3 is 2.76 bits per heavy atom. The standard InChI is InChI=1S/C13H20N2OS/c1-15(12-4-2-11(14)3-5-12)13(16)8-10-6-7-17-9-10/h6-7,9,11-12H,2-5,8,14H2,1H3. The van der Waals surface area contributed by atoms with E-state index in [1.165, 1.54) is 0 Å². The highest BCUT2D eigenvalue weighted by Gasteiger charge is 2.24. The van der Waals surface area contributed by atoms with E-state index in [1.807, 2.05) is 28.8 Å². The first-order valence-electron chi connectivity index (χ1n) is 6.19. The molecule has 0 atom stereocenters. The zero-order valence-electron chi connectivity index (χ0n) is 10.3. The van der Waals surface area contributed by atoms with E-state index in [9.17, 15) is 4.79 Å². The predicted octanol–water partition coefficient (Wildman–Crippen LogP) is 2.02. The number of nitrogens with two attached hydrogens (primary N) is 1. The van der Waals surface area contributed by atoms with E-state index < -0.39 is 0 Å². The molecule has 94 valence electrons. The topological polar surface area (TPSA) is 46.3 Å². The van der Waals surface area contributed by atoms with Crippen molar-refractivity contribution in [2.45, 2.75) is 44.2 Å². The second-order valence-corrected chi connectivity index (χ2v) is 5.66. The van der Waals surface area contributed by atoms with E-state index in [0.717, 1.165) is 31.2 Å². The molecule has 0 spiro atoms. The first-order chi connectivity index (χ1) is 8.16. The Kier molecular flexibility index (Phi) is 4.18. The fourth-order valence-electron chi connectivity index (χ4n) is 2.39. The summed E-state index contributed by atoms with van der Waals surface area (Å²) in [6.45, 7) is 0. The molecular formula is C13H20N2OS. The third kappa shape index (κ3) is 3.30. The molecule has 0 unspecified atom stereocenters. The smallest absolute Gasteiger partial charge is 0.227 e. The van der Waals surface area contributed by atoms with Gasteiger partial charge in [0.1, 0.15) is 0 Å². The van der Waals surface area contributed by atoms with E-state index >= 15 is 0 Å². The summed E-state index contributed by atoms with van der Waals surface area (Å²) in [5.41, 5.74) is 7.01. The number of nitrogens with zero attached hydrogens (tertiary/aromatic N) is 1. The van der Waals surface area contributed by atoms with Crippen molar-refractivity contribution in [2.24, 2.45) is 5.73 Å².